The summed E-state index contributed by atoms with van der Waals surface area (Å²) in [6.07, 6.45) is 0.140. The Balaban J connectivity index is 1.72. The van der Waals surface area contributed by atoms with E-state index >= 15 is 0 Å². The summed E-state index contributed by atoms with van der Waals surface area (Å²) < 4.78 is 10.5. The van der Waals surface area contributed by atoms with Gasteiger partial charge in [-0.2, -0.15) is 0 Å². The summed E-state index contributed by atoms with van der Waals surface area (Å²) in [6.45, 7) is 3.57. The fourth-order valence-corrected chi connectivity index (χ4v) is 2.97. The van der Waals surface area contributed by atoms with Crippen LogP contribution in [-0.2, 0) is 16.0 Å². The minimum absolute atomic E-state index is 0.0284. The van der Waals surface area contributed by atoms with Crippen LogP contribution in [0.15, 0.2) is 66.7 Å². The summed E-state index contributed by atoms with van der Waals surface area (Å²) in [5.74, 6) is 0.141. The molecule has 6 heteroatoms. The van der Waals surface area contributed by atoms with Crippen LogP contribution in [0.3, 0.4) is 0 Å². The number of phenolic OH excluding ortho intramolecular Hbond substituents is 1. The smallest absolute Gasteiger partial charge is 0.313 e. The summed E-state index contributed by atoms with van der Waals surface area (Å²) in [7, 11) is 1.46. The Morgan fingerprint density at radius 3 is 2.39 bits per heavy atom. The quantitative estimate of drug-likeness (QED) is 0.424. The van der Waals surface area contributed by atoms with Gasteiger partial charge in [-0.1, -0.05) is 44.2 Å². The highest BCUT2D eigenvalue weighted by atomic mass is 16.5. The standard InChI is InChI=1S/C25H25NO5/c1-16(2)25(29)31-21-9-5-7-19(15-21)18-6-4-8-20(14-18)26-24(28)13-17-10-11-22(27)23(12-17)30-3/h4-12,14-16,27H,13H2,1-3H3,(H,26,28). The number of anilines is 1. The van der Waals surface area contributed by atoms with Crippen LogP contribution < -0.4 is 14.8 Å². The molecule has 3 aromatic rings. The molecule has 0 saturated carbocycles. The average Bonchev–Trinajstić information content (AvgIpc) is 2.75. The van der Waals surface area contributed by atoms with E-state index in [2.05, 4.69) is 5.32 Å². The number of hydrogen-bond acceptors (Lipinski definition) is 5. The van der Waals surface area contributed by atoms with Crippen molar-refractivity contribution in [1.82, 2.24) is 0 Å². The highest BCUT2D eigenvalue weighted by Gasteiger charge is 2.11. The number of phenols is 1. The number of rotatable bonds is 7. The van der Waals surface area contributed by atoms with E-state index in [1.165, 1.54) is 13.2 Å². The number of benzene rings is 3. The third kappa shape index (κ3) is 5.85. The summed E-state index contributed by atoms with van der Waals surface area (Å²) >= 11 is 0. The third-order valence-corrected chi connectivity index (χ3v) is 4.61. The normalized spacial score (nSPS) is 10.6. The molecule has 1 amide bonds. The second kappa shape index (κ2) is 9.80. The highest BCUT2D eigenvalue weighted by molar-refractivity contribution is 5.93. The number of ether oxygens (including phenoxy) is 2. The van der Waals surface area contributed by atoms with Gasteiger partial charge in [0.15, 0.2) is 11.5 Å². The van der Waals surface area contributed by atoms with Gasteiger partial charge in [0.1, 0.15) is 5.75 Å². The lowest BCUT2D eigenvalue weighted by atomic mass is 10.0. The second-order valence-electron chi connectivity index (χ2n) is 7.42. The van der Waals surface area contributed by atoms with Crippen molar-refractivity contribution in [2.45, 2.75) is 20.3 Å². The molecule has 31 heavy (non-hydrogen) atoms. The van der Waals surface area contributed by atoms with E-state index in [4.69, 9.17) is 9.47 Å². The van der Waals surface area contributed by atoms with Crippen LogP contribution in [0.2, 0.25) is 0 Å². The van der Waals surface area contributed by atoms with Crippen LogP contribution >= 0.6 is 0 Å². The molecule has 3 rings (SSSR count). The number of esters is 1. The molecular formula is C25H25NO5. The van der Waals surface area contributed by atoms with E-state index < -0.39 is 0 Å². The molecular weight excluding hydrogens is 394 g/mol. The average molecular weight is 419 g/mol. The lowest BCUT2D eigenvalue weighted by Crippen LogP contribution is -2.14. The van der Waals surface area contributed by atoms with Gasteiger partial charge in [-0.3, -0.25) is 9.59 Å². The topological polar surface area (TPSA) is 84.9 Å². The third-order valence-electron chi connectivity index (χ3n) is 4.61. The Morgan fingerprint density at radius 2 is 1.68 bits per heavy atom. The van der Waals surface area contributed by atoms with E-state index in [9.17, 15) is 14.7 Å². The van der Waals surface area contributed by atoms with Crippen LogP contribution in [0.5, 0.6) is 17.2 Å². The van der Waals surface area contributed by atoms with Crippen molar-refractivity contribution in [1.29, 1.82) is 0 Å². The molecule has 0 aliphatic rings. The summed E-state index contributed by atoms with van der Waals surface area (Å²) in [6, 6.07) is 19.5. The molecule has 0 aromatic heterocycles. The van der Waals surface area contributed by atoms with Crippen LogP contribution in [0, 0.1) is 5.92 Å². The number of nitrogens with one attached hydrogen (secondary N) is 1. The molecule has 0 radical (unpaired) electrons. The second-order valence-corrected chi connectivity index (χ2v) is 7.42. The van der Waals surface area contributed by atoms with Gasteiger partial charge in [-0.05, 0) is 53.1 Å². The summed E-state index contributed by atoms with van der Waals surface area (Å²) in [5, 5.41) is 12.6. The van der Waals surface area contributed by atoms with Crippen LogP contribution in [0.4, 0.5) is 5.69 Å². The number of hydrogen-bond donors (Lipinski definition) is 2. The maximum Gasteiger partial charge on any atom is 0.313 e. The first-order valence-electron chi connectivity index (χ1n) is 9.93. The largest absolute Gasteiger partial charge is 0.504 e. The molecule has 0 aliphatic carbocycles. The van der Waals surface area contributed by atoms with E-state index in [0.29, 0.717) is 17.2 Å². The summed E-state index contributed by atoms with van der Waals surface area (Å²) in [5.41, 5.74) is 3.13. The molecule has 0 aliphatic heterocycles. The van der Waals surface area contributed by atoms with Crippen molar-refractivity contribution in [3.05, 3.63) is 72.3 Å². The first-order valence-corrected chi connectivity index (χ1v) is 9.93. The van der Waals surface area contributed by atoms with Crippen LogP contribution in [0.25, 0.3) is 11.1 Å². The van der Waals surface area contributed by atoms with Crippen molar-refractivity contribution in [3.63, 3.8) is 0 Å². The van der Waals surface area contributed by atoms with Gasteiger partial charge in [0.05, 0.1) is 19.4 Å². The SMILES string of the molecule is COc1cc(CC(=O)Nc2cccc(-c3cccc(OC(=O)C(C)C)c3)c2)ccc1O. The van der Waals surface area contributed by atoms with Gasteiger partial charge >= 0.3 is 5.97 Å². The lowest BCUT2D eigenvalue weighted by molar-refractivity contribution is -0.137. The van der Waals surface area contributed by atoms with E-state index in [0.717, 1.165) is 16.7 Å². The Bertz CT molecular complexity index is 1090. The predicted molar refractivity (Wildman–Crippen MR) is 119 cm³/mol. The fourth-order valence-electron chi connectivity index (χ4n) is 2.97. The molecule has 6 nitrogen and oxygen atoms in total. The Hall–Kier alpha value is -3.80. The predicted octanol–water partition coefficient (Wildman–Crippen LogP) is 4.81. The van der Waals surface area contributed by atoms with Crippen LogP contribution in [-0.4, -0.2) is 24.1 Å². The summed E-state index contributed by atoms with van der Waals surface area (Å²) in [4.78, 5) is 24.3. The Kier molecular flexibility index (Phi) is 6.92. The maximum absolute atomic E-state index is 12.5. The fraction of sp³-hybridized carbons (Fsp3) is 0.200. The molecule has 2 N–H and O–H groups in total. The van der Waals surface area contributed by atoms with Gasteiger partial charge in [0, 0.05) is 5.69 Å². The molecule has 3 aromatic carbocycles. The molecule has 0 unspecified atom stereocenters. The number of aromatic hydroxyl groups is 1. The number of carbonyl (C=O) groups excluding carboxylic acids is 2. The number of amides is 1. The molecule has 160 valence electrons. The van der Waals surface area contributed by atoms with Gasteiger partial charge in [0.2, 0.25) is 5.91 Å². The van der Waals surface area contributed by atoms with Gasteiger partial charge < -0.3 is 19.9 Å². The van der Waals surface area contributed by atoms with Crippen molar-refractivity contribution < 1.29 is 24.2 Å². The maximum atomic E-state index is 12.5. The molecule has 0 fully saturated rings. The van der Waals surface area contributed by atoms with Crippen LogP contribution in [0.1, 0.15) is 19.4 Å². The zero-order chi connectivity index (χ0) is 22.4. The van der Waals surface area contributed by atoms with Gasteiger partial charge in [0.25, 0.3) is 0 Å². The van der Waals surface area contributed by atoms with Crippen molar-refractivity contribution >= 4 is 17.6 Å². The molecule has 0 bridgehead atoms. The first-order chi connectivity index (χ1) is 14.9. The van der Waals surface area contributed by atoms with Crippen molar-refractivity contribution in [2.75, 3.05) is 12.4 Å². The van der Waals surface area contributed by atoms with Gasteiger partial charge in [-0.25, -0.2) is 0 Å². The minimum atomic E-state index is -0.288. The molecule has 0 heterocycles. The van der Waals surface area contributed by atoms with E-state index in [-0.39, 0.29) is 30.0 Å². The molecule has 0 saturated heterocycles. The van der Waals surface area contributed by atoms with E-state index in [1.807, 2.05) is 30.3 Å². The van der Waals surface area contributed by atoms with Crippen molar-refractivity contribution in [3.8, 4) is 28.4 Å². The van der Waals surface area contributed by atoms with E-state index in [1.54, 1.807) is 44.2 Å². The Labute approximate surface area is 181 Å². The number of methoxy groups -OCH3 is 1. The molecule has 0 atom stereocenters. The zero-order valence-corrected chi connectivity index (χ0v) is 17.7. The highest BCUT2D eigenvalue weighted by Crippen LogP contribution is 2.28. The lowest BCUT2D eigenvalue weighted by Gasteiger charge is -2.11. The zero-order valence-electron chi connectivity index (χ0n) is 17.7. The van der Waals surface area contributed by atoms with Gasteiger partial charge in [-0.15, -0.1) is 0 Å². The molecule has 0 spiro atoms. The monoisotopic (exact) mass is 419 g/mol. The Morgan fingerprint density at radius 1 is 0.968 bits per heavy atom. The number of carbonyl (C=O) groups is 2. The van der Waals surface area contributed by atoms with Crippen molar-refractivity contribution in [2.24, 2.45) is 5.92 Å². The minimum Gasteiger partial charge on any atom is -0.504 e. The first kappa shape index (κ1) is 21.9.